The van der Waals surface area contributed by atoms with Gasteiger partial charge in [0, 0.05) is 25.2 Å². The number of ether oxygens (including phenoxy) is 1. The van der Waals surface area contributed by atoms with Gasteiger partial charge in [-0.2, -0.15) is 0 Å². The molecule has 0 fully saturated rings. The van der Waals surface area contributed by atoms with Crippen molar-refractivity contribution in [2.75, 3.05) is 32.5 Å². The Hall–Kier alpha value is -2.60. The lowest BCUT2D eigenvalue weighted by molar-refractivity contribution is -0.132. The third kappa shape index (κ3) is 6.00. The van der Waals surface area contributed by atoms with E-state index in [0.717, 1.165) is 26.8 Å². The summed E-state index contributed by atoms with van der Waals surface area (Å²) in [6.45, 7) is -0.0990. The minimum atomic E-state index is -0.568. The number of hydrogen-bond acceptors (Lipinski definition) is 9. The number of rotatable bonds is 9. The Morgan fingerprint density at radius 1 is 1.22 bits per heavy atom. The minimum absolute atomic E-state index is 0.0990. The molecular formula is C21H24N4O4S3. The van der Waals surface area contributed by atoms with Crippen LogP contribution in [0.4, 0.5) is 10.5 Å². The van der Waals surface area contributed by atoms with Gasteiger partial charge in [0.1, 0.15) is 23.8 Å². The van der Waals surface area contributed by atoms with Crippen molar-refractivity contribution in [3.8, 4) is 9.88 Å². The molecule has 8 nitrogen and oxygen atoms in total. The molecule has 0 radical (unpaired) electrons. The number of methoxy groups -OCH3 is 1. The predicted molar refractivity (Wildman–Crippen MR) is 130 cm³/mol. The first kappa shape index (κ1) is 24.1. The van der Waals surface area contributed by atoms with Crippen LogP contribution in [0, 0.1) is 0 Å². The zero-order valence-electron chi connectivity index (χ0n) is 17.8. The topological polar surface area (TPSA) is 95.0 Å². The van der Waals surface area contributed by atoms with E-state index < -0.39 is 6.09 Å². The van der Waals surface area contributed by atoms with Gasteiger partial charge in [-0.3, -0.25) is 4.79 Å². The molecule has 170 valence electrons. The highest BCUT2D eigenvalue weighted by atomic mass is 32.2. The summed E-state index contributed by atoms with van der Waals surface area (Å²) in [5, 5.41) is 4.89. The van der Waals surface area contributed by atoms with Gasteiger partial charge in [-0.05, 0) is 35.6 Å². The molecule has 1 atom stereocenters. The summed E-state index contributed by atoms with van der Waals surface area (Å²) in [5.41, 5.74) is 2.58. The first-order chi connectivity index (χ1) is 15.4. The van der Waals surface area contributed by atoms with Crippen LogP contribution in [0.5, 0.6) is 0 Å². The molecule has 32 heavy (non-hydrogen) atoms. The number of carbonyl (C=O) groups excluding carboxylic acids is 2. The van der Waals surface area contributed by atoms with Gasteiger partial charge in [-0.25, -0.2) is 9.78 Å². The largest absolute Gasteiger partial charge is 0.453 e. The Bertz CT molecular complexity index is 1020. The molecule has 0 bridgehead atoms. The minimum Gasteiger partial charge on any atom is -0.453 e. The van der Waals surface area contributed by atoms with Crippen LogP contribution in [0.1, 0.15) is 17.3 Å². The summed E-state index contributed by atoms with van der Waals surface area (Å²) in [6.07, 6.45) is -0.0218. The Morgan fingerprint density at radius 3 is 2.59 bits per heavy atom. The second-order valence-corrected chi connectivity index (χ2v) is 9.19. The van der Waals surface area contributed by atoms with Crippen LogP contribution in [0.15, 0.2) is 47.2 Å². The molecule has 2 aromatic heterocycles. The number of anilines is 1. The van der Waals surface area contributed by atoms with Crippen molar-refractivity contribution >= 4 is 52.6 Å². The van der Waals surface area contributed by atoms with Crippen LogP contribution in [0.25, 0.3) is 9.88 Å². The van der Waals surface area contributed by atoms with Crippen LogP contribution in [-0.2, 0) is 16.0 Å². The summed E-state index contributed by atoms with van der Waals surface area (Å²) >= 11 is 3.70. The number of thiazole rings is 1. The van der Waals surface area contributed by atoms with Gasteiger partial charge in [-0.1, -0.05) is 18.2 Å². The van der Waals surface area contributed by atoms with Crippen molar-refractivity contribution in [2.45, 2.75) is 12.5 Å². The molecule has 3 aromatic rings. The van der Waals surface area contributed by atoms with E-state index in [4.69, 9.17) is 14.3 Å². The monoisotopic (exact) mass is 492 g/mol. The van der Waals surface area contributed by atoms with E-state index in [2.05, 4.69) is 4.72 Å². The summed E-state index contributed by atoms with van der Waals surface area (Å²) in [7, 11) is 4.53. The summed E-state index contributed by atoms with van der Waals surface area (Å²) in [4.78, 5) is 33.4. The molecule has 1 aromatic carbocycles. The lowest BCUT2D eigenvalue weighted by Gasteiger charge is -2.29. The van der Waals surface area contributed by atoms with Crippen LogP contribution in [-0.4, -0.2) is 59.1 Å². The molecule has 2 amide bonds. The third-order valence-electron chi connectivity index (χ3n) is 4.86. The Labute approximate surface area is 199 Å². The third-order valence-corrected chi connectivity index (χ3v) is 7.09. The van der Waals surface area contributed by atoms with Crippen molar-refractivity contribution in [1.82, 2.24) is 14.8 Å². The maximum absolute atomic E-state index is 13.0. The highest BCUT2D eigenvalue weighted by Crippen LogP contribution is 2.32. The lowest BCUT2D eigenvalue weighted by atomic mass is 10.0. The van der Waals surface area contributed by atoms with E-state index in [0.29, 0.717) is 18.6 Å². The molecular weight excluding hydrogens is 468 g/mol. The SMILES string of the molecule is COC(=O)N(C)CC(=O)N(C)C(Cc1ccc(NSO)cc1)c1csc(-c2cccs2)n1. The molecule has 1 unspecified atom stereocenters. The van der Waals surface area contributed by atoms with Gasteiger partial charge < -0.3 is 23.8 Å². The van der Waals surface area contributed by atoms with Gasteiger partial charge in [0.05, 0.1) is 23.7 Å². The number of amides is 2. The van der Waals surface area contributed by atoms with E-state index in [1.54, 1.807) is 34.6 Å². The van der Waals surface area contributed by atoms with Gasteiger partial charge in [0.2, 0.25) is 5.91 Å². The summed E-state index contributed by atoms with van der Waals surface area (Å²) in [5.74, 6) is -0.219. The number of hydrogen-bond donors (Lipinski definition) is 2. The Morgan fingerprint density at radius 2 is 1.97 bits per heavy atom. The fraction of sp³-hybridized carbons (Fsp3) is 0.286. The normalized spacial score (nSPS) is 11.6. The second-order valence-electron chi connectivity index (χ2n) is 7.00. The quantitative estimate of drug-likeness (QED) is 0.326. The highest BCUT2D eigenvalue weighted by molar-refractivity contribution is 7.95. The molecule has 0 aliphatic heterocycles. The number of thiophene rings is 1. The van der Waals surface area contributed by atoms with Gasteiger partial charge in [-0.15, -0.1) is 22.7 Å². The maximum Gasteiger partial charge on any atom is 0.409 e. The Kier molecular flexibility index (Phi) is 8.51. The molecule has 0 saturated carbocycles. The van der Waals surface area contributed by atoms with Crippen molar-refractivity contribution in [3.05, 3.63) is 58.4 Å². The van der Waals surface area contributed by atoms with E-state index in [-0.39, 0.29) is 18.5 Å². The maximum atomic E-state index is 13.0. The van der Waals surface area contributed by atoms with Crippen LogP contribution < -0.4 is 4.72 Å². The van der Waals surface area contributed by atoms with E-state index in [9.17, 15) is 9.59 Å². The number of likely N-dealkylation sites (N-methyl/N-ethyl adjacent to an activating group) is 2. The smallest absolute Gasteiger partial charge is 0.409 e. The van der Waals surface area contributed by atoms with Gasteiger partial charge >= 0.3 is 6.09 Å². The van der Waals surface area contributed by atoms with Crippen LogP contribution >= 0.6 is 34.9 Å². The zero-order chi connectivity index (χ0) is 23.1. The van der Waals surface area contributed by atoms with Gasteiger partial charge in [0.15, 0.2) is 0 Å². The lowest BCUT2D eigenvalue weighted by Crippen LogP contribution is -2.41. The van der Waals surface area contributed by atoms with Crippen molar-refractivity contribution in [2.24, 2.45) is 0 Å². The fourth-order valence-electron chi connectivity index (χ4n) is 3.09. The van der Waals surface area contributed by atoms with E-state index >= 15 is 0 Å². The molecule has 11 heteroatoms. The van der Waals surface area contributed by atoms with Crippen molar-refractivity contribution in [3.63, 3.8) is 0 Å². The Balaban J connectivity index is 1.84. The zero-order valence-corrected chi connectivity index (χ0v) is 20.3. The molecule has 3 rings (SSSR count). The number of nitrogens with zero attached hydrogens (tertiary/aromatic N) is 3. The van der Waals surface area contributed by atoms with E-state index in [1.807, 2.05) is 47.2 Å². The van der Waals surface area contributed by atoms with Crippen molar-refractivity contribution < 1.29 is 18.9 Å². The second kappa shape index (κ2) is 11.3. The molecule has 0 aliphatic carbocycles. The molecule has 0 saturated heterocycles. The average molecular weight is 493 g/mol. The highest BCUT2D eigenvalue weighted by Gasteiger charge is 2.26. The summed E-state index contributed by atoms with van der Waals surface area (Å²) in [6, 6.07) is 11.3. The van der Waals surface area contributed by atoms with Crippen molar-refractivity contribution in [1.29, 1.82) is 0 Å². The predicted octanol–water partition coefficient (Wildman–Crippen LogP) is 4.85. The number of benzene rings is 1. The van der Waals surface area contributed by atoms with Gasteiger partial charge in [0.25, 0.3) is 0 Å². The standard InChI is InChI=1S/C21H24N4O4S3/c1-24(21(27)29-3)12-19(26)25(2)17(11-14-6-8-15(9-7-14)23-32-28)16-13-31-20(22-16)18-5-4-10-30-18/h4-10,13,17,23,28H,11-12H2,1-3H3. The number of aromatic nitrogens is 1. The molecule has 2 N–H and O–H groups in total. The molecule has 2 heterocycles. The average Bonchev–Trinajstić information content (AvgIpc) is 3.49. The van der Waals surface area contributed by atoms with Crippen LogP contribution in [0.3, 0.4) is 0 Å². The summed E-state index contributed by atoms with van der Waals surface area (Å²) < 4.78 is 16.4. The van der Waals surface area contributed by atoms with Crippen LogP contribution in [0.2, 0.25) is 0 Å². The first-order valence-corrected chi connectivity index (χ1v) is 12.2. The van der Waals surface area contributed by atoms with E-state index in [1.165, 1.54) is 19.1 Å². The fourth-order valence-corrected chi connectivity index (χ4v) is 5.01. The molecule has 0 aliphatic rings. The number of nitrogens with one attached hydrogen (secondary N) is 1. The molecule has 0 spiro atoms. The first-order valence-electron chi connectivity index (χ1n) is 9.62. The number of carbonyl (C=O) groups is 2.